The van der Waals surface area contributed by atoms with Gasteiger partial charge in [-0.15, -0.1) is 0 Å². The van der Waals surface area contributed by atoms with Gasteiger partial charge in [0.1, 0.15) is 17.3 Å². The molecule has 1 atom stereocenters. The smallest absolute Gasteiger partial charge is 0.247 e. The zero-order valence-corrected chi connectivity index (χ0v) is 17.6. The van der Waals surface area contributed by atoms with Gasteiger partial charge in [-0.1, -0.05) is 11.6 Å². The third kappa shape index (κ3) is 4.86. The van der Waals surface area contributed by atoms with E-state index in [-0.39, 0.29) is 24.0 Å². The molecule has 1 saturated heterocycles. The van der Waals surface area contributed by atoms with E-state index in [0.717, 1.165) is 5.56 Å². The molecule has 6 nitrogen and oxygen atoms in total. The molecule has 0 radical (unpaired) electrons. The standard InChI is InChI=1S/C22H20ClNO5S/c23-17-5-3-16(4-6-17)21-9-7-20(29-21)14-24(18-11-13-30(26,27)15-18)22(25)10-8-19-2-1-12-28-19/h1-10,12,18H,11,13-15H2/b10-8+/t18-/m1/s1. The predicted octanol–water partition coefficient (Wildman–Crippen LogP) is 4.42. The van der Waals surface area contributed by atoms with E-state index in [4.69, 9.17) is 20.4 Å². The molecule has 2 aromatic heterocycles. The maximum absolute atomic E-state index is 12.9. The van der Waals surface area contributed by atoms with Gasteiger partial charge < -0.3 is 13.7 Å². The SMILES string of the molecule is O=C(/C=C/c1ccco1)N(Cc1ccc(-c2ccc(Cl)cc2)o1)[C@@H]1CCS(=O)(=O)C1. The van der Waals surface area contributed by atoms with Crippen molar-refractivity contribution in [1.29, 1.82) is 0 Å². The van der Waals surface area contributed by atoms with Crippen LogP contribution in [0.1, 0.15) is 17.9 Å². The highest BCUT2D eigenvalue weighted by Gasteiger charge is 2.34. The fourth-order valence-electron chi connectivity index (χ4n) is 3.44. The Kier molecular flexibility index (Phi) is 5.83. The third-order valence-electron chi connectivity index (χ3n) is 4.98. The lowest BCUT2D eigenvalue weighted by Gasteiger charge is -2.26. The minimum atomic E-state index is -3.15. The van der Waals surface area contributed by atoms with Crippen molar-refractivity contribution < 1.29 is 22.0 Å². The monoisotopic (exact) mass is 445 g/mol. The zero-order valence-electron chi connectivity index (χ0n) is 16.0. The highest BCUT2D eigenvalue weighted by atomic mass is 35.5. The number of hydrogen-bond donors (Lipinski definition) is 0. The summed E-state index contributed by atoms with van der Waals surface area (Å²) in [7, 11) is -3.15. The van der Waals surface area contributed by atoms with Gasteiger partial charge in [-0.25, -0.2) is 8.42 Å². The van der Waals surface area contributed by atoms with Crippen LogP contribution in [0.25, 0.3) is 17.4 Å². The van der Waals surface area contributed by atoms with Gasteiger partial charge in [0, 0.05) is 22.7 Å². The van der Waals surface area contributed by atoms with Gasteiger partial charge in [0.05, 0.1) is 24.3 Å². The van der Waals surface area contributed by atoms with Crippen molar-refractivity contribution in [3.8, 4) is 11.3 Å². The Morgan fingerprint density at radius 1 is 1.17 bits per heavy atom. The molecule has 0 bridgehead atoms. The number of carbonyl (C=O) groups excluding carboxylic acids is 1. The minimum Gasteiger partial charge on any atom is -0.465 e. The van der Waals surface area contributed by atoms with Crippen molar-refractivity contribution in [3.05, 3.63) is 77.4 Å². The summed E-state index contributed by atoms with van der Waals surface area (Å²) in [4.78, 5) is 14.5. The lowest BCUT2D eigenvalue weighted by atomic mass is 10.2. The Morgan fingerprint density at radius 3 is 2.63 bits per heavy atom. The molecule has 3 aromatic rings. The van der Waals surface area contributed by atoms with E-state index in [0.29, 0.717) is 28.7 Å². The molecule has 156 valence electrons. The average Bonchev–Trinajstić information content (AvgIpc) is 3.46. The van der Waals surface area contributed by atoms with E-state index in [2.05, 4.69) is 0 Å². The highest BCUT2D eigenvalue weighted by molar-refractivity contribution is 7.91. The first-order valence-electron chi connectivity index (χ1n) is 9.47. The van der Waals surface area contributed by atoms with Gasteiger partial charge in [0.25, 0.3) is 0 Å². The van der Waals surface area contributed by atoms with Crippen LogP contribution < -0.4 is 0 Å². The summed E-state index contributed by atoms with van der Waals surface area (Å²) in [6.45, 7) is 0.176. The number of benzene rings is 1. The number of sulfone groups is 1. The summed E-state index contributed by atoms with van der Waals surface area (Å²) in [6, 6.07) is 13.9. The molecule has 1 amide bonds. The zero-order chi connectivity index (χ0) is 21.1. The van der Waals surface area contributed by atoms with Crippen molar-refractivity contribution in [2.45, 2.75) is 19.0 Å². The Balaban J connectivity index is 1.55. The molecule has 0 aliphatic carbocycles. The fourth-order valence-corrected chi connectivity index (χ4v) is 5.30. The second kappa shape index (κ2) is 8.53. The number of halogens is 1. The van der Waals surface area contributed by atoms with Crippen LogP contribution in [-0.4, -0.2) is 36.8 Å². The lowest BCUT2D eigenvalue weighted by molar-refractivity contribution is -0.128. The van der Waals surface area contributed by atoms with E-state index in [1.807, 2.05) is 18.2 Å². The first kappa shape index (κ1) is 20.5. The van der Waals surface area contributed by atoms with E-state index in [9.17, 15) is 13.2 Å². The molecule has 1 fully saturated rings. The number of furan rings is 2. The van der Waals surface area contributed by atoms with E-state index in [1.165, 1.54) is 12.3 Å². The van der Waals surface area contributed by atoms with Crippen LogP contribution in [-0.2, 0) is 21.2 Å². The second-order valence-corrected chi connectivity index (χ2v) is 9.81. The summed E-state index contributed by atoms with van der Waals surface area (Å²) in [5.74, 6) is 1.52. The maximum Gasteiger partial charge on any atom is 0.247 e. The van der Waals surface area contributed by atoms with E-state index >= 15 is 0 Å². The van der Waals surface area contributed by atoms with Gasteiger partial charge >= 0.3 is 0 Å². The molecule has 0 unspecified atom stereocenters. The quantitative estimate of drug-likeness (QED) is 0.524. The first-order valence-corrected chi connectivity index (χ1v) is 11.7. The van der Waals surface area contributed by atoms with Gasteiger partial charge in [0.2, 0.25) is 5.91 Å². The molecule has 0 N–H and O–H groups in total. The topological polar surface area (TPSA) is 80.7 Å². The molecule has 3 heterocycles. The second-order valence-electron chi connectivity index (χ2n) is 7.14. The molecule has 8 heteroatoms. The van der Waals surface area contributed by atoms with Gasteiger partial charge in [0.15, 0.2) is 9.84 Å². The number of carbonyl (C=O) groups is 1. The Hall–Kier alpha value is -2.77. The van der Waals surface area contributed by atoms with Crippen molar-refractivity contribution >= 4 is 33.4 Å². The average molecular weight is 446 g/mol. The summed E-state index contributed by atoms with van der Waals surface area (Å²) < 4.78 is 35.1. The molecule has 4 rings (SSSR count). The lowest BCUT2D eigenvalue weighted by Crippen LogP contribution is -2.39. The largest absolute Gasteiger partial charge is 0.465 e. The van der Waals surface area contributed by atoms with Crippen LogP contribution in [0.15, 0.2) is 69.7 Å². The molecular formula is C22H20ClNO5S. The van der Waals surface area contributed by atoms with Gasteiger partial charge in [-0.3, -0.25) is 4.79 Å². The summed E-state index contributed by atoms with van der Waals surface area (Å²) in [6.07, 6.45) is 4.90. The highest BCUT2D eigenvalue weighted by Crippen LogP contribution is 2.26. The molecular weight excluding hydrogens is 426 g/mol. The molecule has 1 aliphatic rings. The molecule has 0 spiro atoms. The maximum atomic E-state index is 12.9. The fraction of sp³-hybridized carbons (Fsp3) is 0.227. The van der Waals surface area contributed by atoms with Crippen LogP contribution >= 0.6 is 11.6 Å². The van der Waals surface area contributed by atoms with Gasteiger partial charge in [-0.05, 0) is 61.0 Å². The van der Waals surface area contributed by atoms with Crippen LogP contribution in [0.4, 0.5) is 0 Å². The van der Waals surface area contributed by atoms with Crippen molar-refractivity contribution in [1.82, 2.24) is 4.90 Å². The number of nitrogens with zero attached hydrogens (tertiary/aromatic N) is 1. The van der Waals surface area contributed by atoms with Crippen LogP contribution in [0, 0.1) is 0 Å². The molecule has 1 aromatic carbocycles. The molecule has 0 saturated carbocycles. The number of amides is 1. The Bertz CT molecular complexity index is 1150. The van der Waals surface area contributed by atoms with Crippen LogP contribution in [0.2, 0.25) is 5.02 Å². The van der Waals surface area contributed by atoms with Crippen LogP contribution in [0.3, 0.4) is 0 Å². The first-order chi connectivity index (χ1) is 14.4. The van der Waals surface area contributed by atoms with E-state index < -0.39 is 15.9 Å². The summed E-state index contributed by atoms with van der Waals surface area (Å²) >= 11 is 5.93. The van der Waals surface area contributed by atoms with Crippen LogP contribution in [0.5, 0.6) is 0 Å². The van der Waals surface area contributed by atoms with Crippen molar-refractivity contribution in [2.75, 3.05) is 11.5 Å². The Morgan fingerprint density at radius 2 is 1.97 bits per heavy atom. The Labute approximate surface area is 179 Å². The molecule has 30 heavy (non-hydrogen) atoms. The number of rotatable bonds is 6. The van der Waals surface area contributed by atoms with E-state index in [1.54, 1.807) is 41.3 Å². The molecule has 1 aliphatic heterocycles. The minimum absolute atomic E-state index is 0.0436. The van der Waals surface area contributed by atoms with Crippen molar-refractivity contribution in [3.63, 3.8) is 0 Å². The normalized spacial score (nSPS) is 18.1. The number of hydrogen-bond acceptors (Lipinski definition) is 5. The van der Waals surface area contributed by atoms with Crippen molar-refractivity contribution in [2.24, 2.45) is 0 Å². The summed E-state index contributed by atoms with van der Waals surface area (Å²) in [5, 5.41) is 0.632. The third-order valence-corrected chi connectivity index (χ3v) is 6.98. The summed E-state index contributed by atoms with van der Waals surface area (Å²) in [5.41, 5.74) is 0.865. The van der Waals surface area contributed by atoms with Gasteiger partial charge in [-0.2, -0.15) is 0 Å². The predicted molar refractivity (Wildman–Crippen MR) is 115 cm³/mol.